The molecular weight excluding hydrogens is 284 g/mol. The van der Waals surface area contributed by atoms with Gasteiger partial charge in [0.25, 0.3) is 0 Å². The summed E-state index contributed by atoms with van der Waals surface area (Å²) in [5.41, 5.74) is 6.09. The zero-order valence-corrected chi connectivity index (χ0v) is 12.6. The number of nitrogens with zero attached hydrogens (tertiary/aromatic N) is 2. The predicted molar refractivity (Wildman–Crippen MR) is 76.8 cm³/mol. The van der Waals surface area contributed by atoms with Crippen molar-refractivity contribution in [1.29, 1.82) is 0 Å². The Morgan fingerprint density at radius 1 is 1.53 bits per heavy atom. The van der Waals surface area contributed by atoms with Crippen LogP contribution in [0.4, 0.5) is 5.13 Å². The lowest BCUT2D eigenvalue weighted by Gasteiger charge is -2.32. The monoisotopic (exact) mass is 304 g/mol. The Kier molecular flexibility index (Phi) is 4.44. The Morgan fingerprint density at radius 2 is 2.26 bits per heavy atom. The Balaban J connectivity index is 2.18. The van der Waals surface area contributed by atoms with Gasteiger partial charge in [0.15, 0.2) is 9.34 Å². The largest absolute Gasteiger partial charge is 0.348 e. The van der Waals surface area contributed by atoms with E-state index >= 15 is 0 Å². The van der Waals surface area contributed by atoms with Crippen molar-refractivity contribution >= 4 is 26.5 Å². The fourth-order valence-corrected chi connectivity index (χ4v) is 4.46. The lowest BCUT2D eigenvalue weighted by molar-refractivity contribution is 0.396. The zero-order valence-electron chi connectivity index (χ0n) is 11.0. The van der Waals surface area contributed by atoms with Crippen molar-refractivity contribution in [2.75, 3.05) is 24.5 Å². The first-order valence-electron chi connectivity index (χ1n) is 6.37. The highest BCUT2D eigenvalue weighted by Gasteiger charge is 2.25. The molecule has 0 radical (unpaired) electrons. The number of aryl methyl sites for hydroxylation is 1. The van der Waals surface area contributed by atoms with E-state index in [2.05, 4.69) is 9.88 Å². The molecular formula is C11H20N4O2S2. The standard InChI is InChI=1S/C11H20N4O2S2/c1-8-10(19(13,16)17)18-11(14-8)15-6-2-3-9(7-15)4-5-12/h9H,2-7,12H2,1H3,(H2,13,16,17). The molecule has 0 bridgehead atoms. The molecule has 0 amide bonds. The van der Waals surface area contributed by atoms with Crippen LogP contribution in [0.25, 0.3) is 0 Å². The van der Waals surface area contributed by atoms with Gasteiger partial charge in [0.2, 0.25) is 10.0 Å². The van der Waals surface area contributed by atoms with Gasteiger partial charge in [-0.25, -0.2) is 18.5 Å². The number of nitrogens with two attached hydrogens (primary N) is 2. The second-order valence-corrected chi connectivity index (χ2v) is 7.68. The number of aromatic nitrogens is 1. The molecule has 0 saturated carbocycles. The number of rotatable bonds is 4. The molecule has 1 saturated heterocycles. The molecule has 2 heterocycles. The highest BCUT2D eigenvalue weighted by atomic mass is 32.2. The topological polar surface area (TPSA) is 102 Å². The number of hydrogen-bond acceptors (Lipinski definition) is 6. The summed E-state index contributed by atoms with van der Waals surface area (Å²) in [6.07, 6.45) is 3.27. The van der Waals surface area contributed by atoms with Gasteiger partial charge in [-0.05, 0) is 38.6 Å². The Hall–Kier alpha value is -0.700. The molecule has 1 unspecified atom stereocenters. The van der Waals surface area contributed by atoms with Gasteiger partial charge in [-0.1, -0.05) is 11.3 Å². The van der Waals surface area contributed by atoms with Gasteiger partial charge >= 0.3 is 0 Å². The highest BCUT2D eigenvalue weighted by Crippen LogP contribution is 2.32. The first kappa shape index (κ1) is 14.7. The Bertz CT molecular complexity index is 539. The van der Waals surface area contributed by atoms with Gasteiger partial charge < -0.3 is 10.6 Å². The van der Waals surface area contributed by atoms with Crippen molar-refractivity contribution in [3.63, 3.8) is 0 Å². The second-order valence-electron chi connectivity index (χ2n) is 4.95. The normalized spacial score (nSPS) is 20.8. The molecule has 0 aliphatic carbocycles. The number of primary sulfonamides is 1. The van der Waals surface area contributed by atoms with E-state index in [9.17, 15) is 8.42 Å². The van der Waals surface area contributed by atoms with Crippen LogP contribution in [-0.2, 0) is 10.0 Å². The fraction of sp³-hybridized carbons (Fsp3) is 0.727. The van der Waals surface area contributed by atoms with Crippen molar-refractivity contribution < 1.29 is 8.42 Å². The van der Waals surface area contributed by atoms with Crippen LogP contribution in [0.15, 0.2) is 4.21 Å². The van der Waals surface area contributed by atoms with Crippen LogP contribution in [0, 0.1) is 12.8 Å². The van der Waals surface area contributed by atoms with E-state index in [4.69, 9.17) is 10.9 Å². The van der Waals surface area contributed by atoms with Crippen LogP contribution in [0.5, 0.6) is 0 Å². The molecule has 1 atom stereocenters. The van der Waals surface area contributed by atoms with Crippen molar-refractivity contribution in [2.45, 2.75) is 30.4 Å². The summed E-state index contributed by atoms with van der Waals surface area (Å²) >= 11 is 1.16. The minimum Gasteiger partial charge on any atom is -0.348 e. The Labute approximate surface area is 117 Å². The van der Waals surface area contributed by atoms with Crippen molar-refractivity contribution in [1.82, 2.24) is 4.98 Å². The number of hydrogen-bond donors (Lipinski definition) is 2. The maximum absolute atomic E-state index is 11.4. The zero-order chi connectivity index (χ0) is 14.0. The van der Waals surface area contributed by atoms with Crippen LogP contribution in [0.1, 0.15) is 25.0 Å². The van der Waals surface area contributed by atoms with Gasteiger partial charge in [-0.2, -0.15) is 0 Å². The van der Waals surface area contributed by atoms with Crippen LogP contribution in [0.2, 0.25) is 0 Å². The molecule has 6 nitrogen and oxygen atoms in total. The van der Waals surface area contributed by atoms with E-state index in [1.807, 2.05) is 0 Å². The first-order valence-corrected chi connectivity index (χ1v) is 8.73. The molecule has 1 aliphatic rings. The van der Waals surface area contributed by atoms with Crippen molar-refractivity contribution in [3.05, 3.63) is 5.69 Å². The molecule has 4 N–H and O–H groups in total. The molecule has 108 valence electrons. The van der Waals surface area contributed by atoms with E-state index in [1.165, 1.54) is 6.42 Å². The molecule has 19 heavy (non-hydrogen) atoms. The second kappa shape index (κ2) is 5.74. The summed E-state index contributed by atoms with van der Waals surface area (Å²) in [5, 5.41) is 5.94. The van der Waals surface area contributed by atoms with E-state index in [0.717, 1.165) is 42.4 Å². The van der Waals surface area contributed by atoms with Crippen LogP contribution in [-0.4, -0.2) is 33.0 Å². The quantitative estimate of drug-likeness (QED) is 0.851. The summed E-state index contributed by atoms with van der Waals surface area (Å²) in [5.74, 6) is 0.570. The summed E-state index contributed by atoms with van der Waals surface area (Å²) < 4.78 is 23.0. The molecule has 1 fully saturated rings. The SMILES string of the molecule is Cc1nc(N2CCCC(CCN)C2)sc1S(N)(=O)=O. The average Bonchev–Trinajstić information content (AvgIpc) is 2.72. The van der Waals surface area contributed by atoms with Gasteiger partial charge in [-0.15, -0.1) is 0 Å². The third kappa shape index (κ3) is 3.44. The van der Waals surface area contributed by atoms with Gasteiger partial charge in [0.05, 0.1) is 5.69 Å². The molecule has 1 aromatic rings. The van der Waals surface area contributed by atoms with Crippen LogP contribution in [0.3, 0.4) is 0 Å². The van der Waals surface area contributed by atoms with Gasteiger partial charge in [-0.3, -0.25) is 0 Å². The van der Waals surface area contributed by atoms with E-state index in [1.54, 1.807) is 6.92 Å². The third-order valence-electron chi connectivity index (χ3n) is 3.37. The average molecular weight is 304 g/mol. The number of thiazole rings is 1. The van der Waals surface area contributed by atoms with Gasteiger partial charge in [0, 0.05) is 13.1 Å². The smallest absolute Gasteiger partial charge is 0.249 e. The van der Waals surface area contributed by atoms with Crippen molar-refractivity contribution in [2.24, 2.45) is 16.8 Å². The van der Waals surface area contributed by atoms with E-state index < -0.39 is 10.0 Å². The molecule has 1 aliphatic heterocycles. The number of piperidine rings is 1. The maximum Gasteiger partial charge on any atom is 0.249 e. The third-order valence-corrected chi connectivity index (χ3v) is 6.14. The molecule has 0 aromatic carbocycles. The van der Waals surface area contributed by atoms with E-state index in [0.29, 0.717) is 18.2 Å². The minimum absolute atomic E-state index is 0.170. The Morgan fingerprint density at radius 3 is 2.84 bits per heavy atom. The summed E-state index contributed by atoms with van der Waals surface area (Å²) in [7, 11) is -3.67. The minimum atomic E-state index is -3.67. The van der Waals surface area contributed by atoms with Gasteiger partial charge in [0.1, 0.15) is 0 Å². The van der Waals surface area contributed by atoms with Crippen LogP contribution < -0.4 is 15.8 Å². The predicted octanol–water partition coefficient (Wildman–Crippen LogP) is 0.664. The van der Waals surface area contributed by atoms with E-state index in [-0.39, 0.29) is 4.21 Å². The summed E-state index contributed by atoms with van der Waals surface area (Å²) in [4.78, 5) is 6.50. The fourth-order valence-electron chi connectivity index (χ4n) is 2.48. The molecule has 0 spiro atoms. The lowest BCUT2D eigenvalue weighted by Crippen LogP contribution is -2.36. The number of anilines is 1. The first-order chi connectivity index (χ1) is 8.91. The van der Waals surface area contributed by atoms with Crippen molar-refractivity contribution in [3.8, 4) is 0 Å². The maximum atomic E-state index is 11.4. The molecule has 8 heteroatoms. The number of sulfonamides is 1. The molecule has 1 aromatic heterocycles. The summed E-state index contributed by atoms with van der Waals surface area (Å²) in [6.45, 7) is 4.19. The van der Waals surface area contributed by atoms with Crippen LogP contribution >= 0.6 is 11.3 Å². The lowest BCUT2D eigenvalue weighted by atomic mass is 9.95. The summed E-state index contributed by atoms with van der Waals surface area (Å²) in [6, 6.07) is 0. The highest BCUT2D eigenvalue weighted by molar-refractivity contribution is 7.91. The molecule has 2 rings (SSSR count).